The molecule has 0 aliphatic carbocycles. The van der Waals surface area contributed by atoms with Crippen molar-refractivity contribution in [2.24, 2.45) is 0 Å². The molecule has 5 nitrogen and oxygen atoms in total. The first kappa shape index (κ1) is 9.42. The lowest BCUT2D eigenvalue weighted by Gasteiger charge is -2.13. The quantitative estimate of drug-likeness (QED) is 0.543. The maximum atomic E-state index is 9.38. The first-order chi connectivity index (χ1) is 6.26. The molecule has 2 heterocycles. The standard InChI is InChI=1S/C7H13BO5/c1-2-8-12-5-4(3-9)11-7(10)6(5)13-8/h4-7,9-10H,2-3H2,1H3. The van der Waals surface area contributed by atoms with Gasteiger partial charge in [0.25, 0.3) is 0 Å². The molecule has 2 fully saturated rings. The Morgan fingerprint density at radius 3 is 2.62 bits per heavy atom. The van der Waals surface area contributed by atoms with E-state index in [4.69, 9.17) is 19.2 Å². The molecular weight excluding hydrogens is 175 g/mol. The minimum atomic E-state index is -0.973. The molecule has 4 unspecified atom stereocenters. The Kier molecular flexibility index (Phi) is 2.57. The number of fused-ring (bicyclic) bond motifs is 1. The molecule has 13 heavy (non-hydrogen) atoms. The van der Waals surface area contributed by atoms with E-state index < -0.39 is 18.5 Å². The fourth-order valence-electron chi connectivity index (χ4n) is 1.74. The largest absolute Gasteiger partial charge is 0.457 e. The molecule has 2 aliphatic heterocycles. The third-order valence-corrected chi connectivity index (χ3v) is 2.42. The maximum Gasteiger partial charge on any atom is 0.457 e. The molecule has 0 saturated carbocycles. The first-order valence-corrected chi connectivity index (χ1v) is 4.51. The summed E-state index contributed by atoms with van der Waals surface area (Å²) >= 11 is 0. The van der Waals surface area contributed by atoms with E-state index in [1.165, 1.54) is 0 Å². The van der Waals surface area contributed by atoms with Gasteiger partial charge in [0.1, 0.15) is 18.3 Å². The van der Waals surface area contributed by atoms with E-state index in [1.807, 2.05) is 6.92 Å². The lowest BCUT2D eigenvalue weighted by molar-refractivity contribution is -0.132. The lowest BCUT2D eigenvalue weighted by Crippen LogP contribution is -2.31. The summed E-state index contributed by atoms with van der Waals surface area (Å²) in [6.45, 7) is 1.78. The molecular formula is C7H13BO5. The van der Waals surface area contributed by atoms with E-state index in [0.29, 0.717) is 0 Å². The second-order valence-corrected chi connectivity index (χ2v) is 3.29. The summed E-state index contributed by atoms with van der Waals surface area (Å²) in [5.41, 5.74) is 0. The molecule has 2 N–H and O–H groups in total. The predicted molar refractivity (Wildman–Crippen MR) is 43.9 cm³/mol. The fraction of sp³-hybridized carbons (Fsp3) is 1.00. The average Bonchev–Trinajstić information content (AvgIpc) is 2.66. The average molecular weight is 188 g/mol. The molecule has 6 heteroatoms. The maximum absolute atomic E-state index is 9.38. The molecule has 0 aromatic rings. The molecule has 0 aromatic heterocycles. The molecule has 2 aliphatic rings. The molecule has 0 aromatic carbocycles. The van der Waals surface area contributed by atoms with Gasteiger partial charge in [-0.25, -0.2) is 0 Å². The van der Waals surface area contributed by atoms with Gasteiger partial charge in [0, 0.05) is 0 Å². The number of rotatable bonds is 2. The van der Waals surface area contributed by atoms with Crippen molar-refractivity contribution in [2.45, 2.75) is 37.8 Å². The van der Waals surface area contributed by atoms with Crippen molar-refractivity contribution in [3.8, 4) is 0 Å². The van der Waals surface area contributed by atoms with Crippen LogP contribution in [0.15, 0.2) is 0 Å². The Morgan fingerprint density at radius 2 is 2.00 bits per heavy atom. The molecule has 0 bridgehead atoms. The van der Waals surface area contributed by atoms with Crippen LogP contribution < -0.4 is 0 Å². The van der Waals surface area contributed by atoms with E-state index >= 15 is 0 Å². The van der Waals surface area contributed by atoms with Gasteiger partial charge in [-0.05, 0) is 6.32 Å². The van der Waals surface area contributed by atoms with Crippen LogP contribution in [-0.4, -0.2) is 48.5 Å². The monoisotopic (exact) mass is 188 g/mol. The molecule has 2 saturated heterocycles. The summed E-state index contributed by atoms with van der Waals surface area (Å²) < 4.78 is 15.8. The normalized spacial score (nSPS) is 44.1. The van der Waals surface area contributed by atoms with Crippen molar-refractivity contribution in [1.29, 1.82) is 0 Å². The first-order valence-electron chi connectivity index (χ1n) is 4.51. The Bertz CT molecular complexity index is 190. The minimum Gasteiger partial charge on any atom is -0.403 e. The lowest BCUT2D eigenvalue weighted by atomic mass is 9.87. The van der Waals surface area contributed by atoms with E-state index in [-0.39, 0.29) is 19.8 Å². The smallest absolute Gasteiger partial charge is 0.403 e. The van der Waals surface area contributed by atoms with Gasteiger partial charge >= 0.3 is 7.12 Å². The summed E-state index contributed by atoms with van der Waals surface area (Å²) in [5, 5.41) is 18.3. The molecule has 4 atom stereocenters. The minimum absolute atomic E-state index is 0.155. The topological polar surface area (TPSA) is 68.2 Å². The summed E-state index contributed by atoms with van der Waals surface area (Å²) in [6, 6.07) is 0. The van der Waals surface area contributed by atoms with Crippen molar-refractivity contribution in [3.63, 3.8) is 0 Å². The van der Waals surface area contributed by atoms with E-state index in [2.05, 4.69) is 0 Å². The summed E-state index contributed by atoms with van der Waals surface area (Å²) in [5.74, 6) is 0. The van der Waals surface area contributed by atoms with Crippen molar-refractivity contribution in [2.75, 3.05) is 6.61 Å². The highest BCUT2D eigenvalue weighted by Crippen LogP contribution is 2.32. The van der Waals surface area contributed by atoms with Gasteiger partial charge in [-0.1, -0.05) is 6.92 Å². The molecule has 0 amide bonds. The highest BCUT2D eigenvalue weighted by atomic mass is 16.7. The second-order valence-electron chi connectivity index (χ2n) is 3.29. The number of ether oxygens (including phenoxy) is 1. The number of hydrogen-bond acceptors (Lipinski definition) is 5. The molecule has 74 valence electrons. The zero-order valence-electron chi connectivity index (χ0n) is 7.42. The SMILES string of the molecule is CCB1OC2C(O)OC(CO)C2O1. The highest BCUT2D eigenvalue weighted by Gasteiger charge is 2.52. The van der Waals surface area contributed by atoms with Crippen molar-refractivity contribution in [3.05, 3.63) is 0 Å². The van der Waals surface area contributed by atoms with Gasteiger partial charge in [-0.15, -0.1) is 0 Å². The van der Waals surface area contributed by atoms with Gasteiger partial charge in [0.2, 0.25) is 0 Å². The highest BCUT2D eigenvalue weighted by molar-refractivity contribution is 6.45. The van der Waals surface area contributed by atoms with E-state index in [1.54, 1.807) is 0 Å². The molecule has 2 rings (SSSR count). The Morgan fingerprint density at radius 1 is 1.31 bits per heavy atom. The predicted octanol–water partition coefficient (Wildman–Crippen LogP) is -1.01. The van der Waals surface area contributed by atoms with Crippen LogP contribution >= 0.6 is 0 Å². The van der Waals surface area contributed by atoms with Crippen LogP contribution in [0.1, 0.15) is 6.92 Å². The van der Waals surface area contributed by atoms with Crippen LogP contribution in [0.4, 0.5) is 0 Å². The summed E-state index contributed by atoms with van der Waals surface area (Å²) in [7, 11) is -0.275. The van der Waals surface area contributed by atoms with Gasteiger partial charge < -0.3 is 24.3 Å². The van der Waals surface area contributed by atoms with Gasteiger partial charge in [-0.2, -0.15) is 0 Å². The third kappa shape index (κ3) is 1.49. The number of aliphatic hydroxyl groups excluding tert-OH is 2. The molecule has 0 radical (unpaired) electrons. The van der Waals surface area contributed by atoms with Crippen LogP contribution in [0, 0.1) is 0 Å². The van der Waals surface area contributed by atoms with Crippen LogP contribution in [0.5, 0.6) is 0 Å². The van der Waals surface area contributed by atoms with E-state index in [0.717, 1.165) is 6.32 Å². The summed E-state index contributed by atoms with van der Waals surface area (Å²) in [6.07, 6.45) is -1.47. The van der Waals surface area contributed by atoms with Crippen molar-refractivity contribution < 1.29 is 24.3 Å². The zero-order valence-corrected chi connectivity index (χ0v) is 7.42. The van der Waals surface area contributed by atoms with E-state index in [9.17, 15) is 5.11 Å². The number of hydrogen-bond donors (Lipinski definition) is 2. The third-order valence-electron chi connectivity index (χ3n) is 2.42. The zero-order chi connectivity index (χ0) is 9.42. The molecule has 0 spiro atoms. The van der Waals surface area contributed by atoms with Crippen molar-refractivity contribution in [1.82, 2.24) is 0 Å². The fourth-order valence-corrected chi connectivity index (χ4v) is 1.74. The van der Waals surface area contributed by atoms with Gasteiger partial charge in [-0.3, -0.25) is 0 Å². The van der Waals surface area contributed by atoms with Gasteiger partial charge in [0.05, 0.1) is 6.61 Å². The van der Waals surface area contributed by atoms with Crippen LogP contribution in [0.3, 0.4) is 0 Å². The summed E-state index contributed by atoms with van der Waals surface area (Å²) in [4.78, 5) is 0. The number of aliphatic hydroxyl groups is 2. The van der Waals surface area contributed by atoms with Gasteiger partial charge in [0.15, 0.2) is 6.29 Å². The second kappa shape index (κ2) is 3.55. The van der Waals surface area contributed by atoms with Crippen LogP contribution in [0.25, 0.3) is 0 Å². The Balaban J connectivity index is 2.03. The van der Waals surface area contributed by atoms with Crippen molar-refractivity contribution >= 4 is 7.12 Å². The van der Waals surface area contributed by atoms with Crippen LogP contribution in [0.2, 0.25) is 6.32 Å². The Hall–Kier alpha value is -0.135. The Labute approximate surface area is 76.7 Å². The van der Waals surface area contributed by atoms with Crippen LogP contribution in [-0.2, 0) is 14.0 Å².